The lowest BCUT2D eigenvalue weighted by Crippen LogP contribution is -2.11. The van der Waals surface area contributed by atoms with Crippen LogP contribution >= 0.6 is 11.3 Å². The smallest absolute Gasteiger partial charge is 0.143 e. The molecular formula is C20H25N3OS. The molecule has 4 nitrogen and oxygen atoms in total. The monoisotopic (exact) mass is 355 g/mol. The molecule has 0 saturated carbocycles. The van der Waals surface area contributed by atoms with Gasteiger partial charge < -0.3 is 10.1 Å². The van der Waals surface area contributed by atoms with Crippen molar-refractivity contribution in [3.8, 4) is 5.75 Å². The molecule has 0 radical (unpaired) electrons. The van der Waals surface area contributed by atoms with Crippen LogP contribution in [0.4, 0.5) is 11.5 Å². The van der Waals surface area contributed by atoms with E-state index in [4.69, 9.17) is 4.74 Å². The second-order valence-corrected chi connectivity index (χ2v) is 7.45. The van der Waals surface area contributed by atoms with Gasteiger partial charge in [0.25, 0.3) is 0 Å². The summed E-state index contributed by atoms with van der Waals surface area (Å²) >= 11 is 1.74. The van der Waals surface area contributed by atoms with Gasteiger partial charge >= 0.3 is 0 Å². The van der Waals surface area contributed by atoms with Crippen LogP contribution in [0.15, 0.2) is 30.6 Å². The molecule has 0 bridgehead atoms. The molecule has 0 amide bonds. The predicted octanol–water partition coefficient (Wildman–Crippen LogP) is 5.87. The lowest BCUT2D eigenvalue weighted by atomic mass is 10.1. The van der Waals surface area contributed by atoms with Crippen LogP contribution in [0.5, 0.6) is 5.75 Å². The fraction of sp³-hybridized carbons (Fsp3) is 0.400. The molecule has 1 N–H and O–H groups in total. The number of hydrogen-bond acceptors (Lipinski definition) is 5. The van der Waals surface area contributed by atoms with E-state index in [1.807, 2.05) is 24.3 Å². The lowest BCUT2D eigenvalue weighted by Gasteiger charge is -2.17. The molecule has 0 spiro atoms. The molecule has 2 aromatic heterocycles. The maximum absolute atomic E-state index is 6.06. The van der Waals surface area contributed by atoms with Gasteiger partial charge in [-0.25, -0.2) is 9.97 Å². The van der Waals surface area contributed by atoms with E-state index in [0.717, 1.165) is 46.7 Å². The molecule has 1 atom stereocenters. The van der Waals surface area contributed by atoms with Crippen molar-refractivity contribution in [2.75, 3.05) is 5.32 Å². The summed E-state index contributed by atoms with van der Waals surface area (Å²) in [5, 5.41) is 4.63. The summed E-state index contributed by atoms with van der Waals surface area (Å²) < 4.78 is 6.06. The maximum Gasteiger partial charge on any atom is 0.143 e. The minimum atomic E-state index is 0.174. The highest BCUT2D eigenvalue weighted by atomic mass is 32.1. The number of hydrogen-bond donors (Lipinski definition) is 1. The van der Waals surface area contributed by atoms with Crippen molar-refractivity contribution < 1.29 is 4.74 Å². The molecule has 1 aromatic carbocycles. The van der Waals surface area contributed by atoms with E-state index in [9.17, 15) is 0 Å². The highest BCUT2D eigenvalue weighted by Gasteiger charge is 2.16. The standard InChI is InChI=1S/C20H25N3OS/c1-5-9-15-14(4)25-20-18(15)19(21-12-22-20)23-16-10-7-8-11-17(16)24-13(3)6-2/h7-8,10-13H,5-6,9H2,1-4H3,(H,21,22,23). The van der Waals surface area contributed by atoms with Gasteiger partial charge in [0.1, 0.15) is 22.7 Å². The van der Waals surface area contributed by atoms with Crippen molar-refractivity contribution >= 4 is 33.1 Å². The van der Waals surface area contributed by atoms with Gasteiger partial charge in [0, 0.05) is 4.88 Å². The summed E-state index contributed by atoms with van der Waals surface area (Å²) in [5.41, 5.74) is 2.29. The summed E-state index contributed by atoms with van der Waals surface area (Å²) in [6, 6.07) is 8.04. The molecule has 5 heteroatoms. The third-order valence-electron chi connectivity index (χ3n) is 4.33. The summed E-state index contributed by atoms with van der Waals surface area (Å²) in [6.07, 6.45) is 4.92. The van der Waals surface area contributed by atoms with E-state index in [2.05, 4.69) is 43.0 Å². The average molecular weight is 356 g/mol. The van der Waals surface area contributed by atoms with Crippen molar-refractivity contribution in [2.24, 2.45) is 0 Å². The molecule has 0 fully saturated rings. The normalized spacial score (nSPS) is 12.3. The van der Waals surface area contributed by atoms with Gasteiger partial charge in [-0.1, -0.05) is 32.4 Å². The van der Waals surface area contributed by atoms with Gasteiger partial charge in [-0.05, 0) is 44.4 Å². The number of benzene rings is 1. The fourth-order valence-electron chi connectivity index (χ4n) is 2.85. The Labute approximate surface area is 153 Å². The molecular weight excluding hydrogens is 330 g/mol. The molecule has 2 heterocycles. The minimum absolute atomic E-state index is 0.174. The fourth-order valence-corrected chi connectivity index (χ4v) is 3.89. The lowest BCUT2D eigenvalue weighted by molar-refractivity contribution is 0.218. The Morgan fingerprint density at radius 2 is 2.00 bits per heavy atom. The number of fused-ring (bicyclic) bond motifs is 1. The van der Waals surface area contributed by atoms with Gasteiger partial charge in [-0.3, -0.25) is 0 Å². The van der Waals surface area contributed by atoms with E-state index in [0.29, 0.717) is 0 Å². The van der Waals surface area contributed by atoms with Crippen molar-refractivity contribution in [2.45, 2.75) is 53.1 Å². The summed E-state index contributed by atoms with van der Waals surface area (Å²) in [4.78, 5) is 11.4. The molecule has 0 aliphatic carbocycles. The average Bonchev–Trinajstić information content (AvgIpc) is 2.93. The second kappa shape index (κ2) is 7.83. The largest absolute Gasteiger partial charge is 0.489 e. The van der Waals surface area contributed by atoms with Gasteiger partial charge in [0.15, 0.2) is 0 Å². The number of nitrogens with one attached hydrogen (secondary N) is 1. The molecule has 132 valence electrons. The first-order valence-electron chi connectivity index (χ1n) is 8.89. The van der Waals surface area contributed by atoms with E-state index < -0.39 is 0 Å². The molecule has 3 rings (SSSR count). The molecule has 25 heavy (non-hydrogen) atoms. The van der Waals surface area contributed by atoms with Crippen LogP contribution in [-0.4, -0.2) is 16.1 Å². The highest BCUT2D eigenvalue weighted by molar-refractivity contribution is 7.18. The Morgan fingerprint density at radius 1 is 1.20 bits per heavy atom. The van der Waals surface area contributed by atoms with E-state index >= 15 is 0 Å². The number of para-hydroxylation sites is 2. The Kier molecular flexibility index (Phi) is 5.53. The van der Waals surface area contributed by atoms with Crippen LogP contribution in [-0.2, 0) is 6.42 Å². The van der Waals surface area contributed by atoms with Crippen LogP contribution in [0.2, 0.25) is 0 Å². The van der Waals surface area contributed by atoms with Gasteiger partial charge in [0.2, 0.25) is 0 Å². The number of aryl methyl sites for hydroxylation is 2. The first-order chi connectivity index (χ1) is 12.1. The Hall–Kier alpha value is -2.14. The van der Waals surface area contributed by atoms with E-state index in [1.54, 1.807) is 17.7 Å². The van der Waals surface area contributed by atoms with Crippen molar-refractivity contribution in [1.29, 1.82) is 0 Å². The van der Waals surface area contributed by atoms with Crippen LogP contribution in [0.3, 0.4) is 0 Å². The van der Waals surface area contributed by atoms with Crippen LogP contribution in [0, 0.1) is 6.92 Å². The quantitative estimate of drug-likeness (QED) is 0.575. The van der Waals surface area contributed by atoms with E-state index in [1.165, 1.54) is 10.4 Å². The second-order valence-electron chi connectivity index (χ2n) is 6.25. The molecule has 0 aliphatic rings. The van der Waals surface area contributed by atoms with Crippen molar-refractivity contribution in [3.05, 3.63) is 41.0 Å². The SMILES string of the molecule is CCCc1c(C)sc2ncnc(Nc3ccccc3OC(C)CC)c12. The van der Waals surface area contributed by atoms with Gasteiger partial charge in [-0.15, -0.1) is 11.3 Å². The maximum atomic E-state index is 6.06. The number of anilines is 2. The molecule has 3 aromatic rings. The summed E-state index contributed by atoms with van der Waals surface area (Å²) in [7, 11) is 0. The number of thiophene rings is 1. The Balaban J connectivity index is 2.01. The van der Waals surface area contributed by atoms with Crippen molar-refractivity contribution in [3.63, 3.8) is 0 Å². The third kappa shape index (κ3) is 3.76. The first kappa shape index (κ1) is 17.7. The van der Waals surface area contributed by atoms with Gasteiger partial charge in [0.05, 0.1) is 17.2 Å². The highest BCUT2D eigenvalue weighted by Crippen LogP contribution is 2.37. The van der Waals surface area contributed by atoms with Gasteiger partial charge in [-0.2, -0.15) is 0 Å². The topological polar surface area (TPSA) is 47.0 Å². The van der Waals surface area contributed by atoms with Crippen molar-refractivity contribution in [1.82, 2.24) is 9.97 Å². The van der Waals surface area contributed by atoms with Crippen LogP contribution in [0.1, 0.15) is 44.1 Å². The number of aromatic nitrogens is 2. The molecule has 1 unspecified atom stereocenters. The number of rotatable bonds is 7. The van der Waals surface area contributed by atoms with Crippen LogP contribution in [0.25, 0.3) is 10.2 Å². The van der Waals surface area contributed by atoms with E-state index in [-0.39, 0.29) is 6.10 Å². The third-order valence-corrected chi connectivity index (χ3v) is 5.39. The number of ether oxygens (including phenoxy) is 1. The summed E-state index contributed by atoms with van der Waals surface area (Å²) in [6.45, 7) is 8.58. The number of nitrogens with zero attached hydrogens (tertiary/aromatic N) is 2. The first-order valence-corrected chi connectivity index (χ1v) is 9.71. The molecule has 0 saturated heterocycles. The zero-order valence-electron chi connectivity index (χ0n) is 15.3. The Bertz CT molecular complexity index is 859. The van der Waals surface area contributed by atoms with Crippen LogP contribution < -0.4 is 10.1 Å². The summed E-state index contributed by atoms with van der Waals surface area (Å²) in [5.74, 6) is 1.71. The zero-order valence-corrected chi connectivity index (χ0v) is 16.1. The predicted molar refractivity (Wildman–Crippen MR) is 106 cm³/mol. The molecule has 0 aliphatic heterocycles. The zero-order chi connectivity index (χ0) is 17.8. The minimum Gasteiger partial charge on any atom is -0.489 e. The Morgan fingerprint density at radius 3 is 2.76 bits per heavy atom.